The molecule has 1 saturated heterocycles. The lowest BCUT2D eigenvalue weighted by atomic mass is 10.0. The normalized spacial score (nSPS) is 18.1. The average Bonchev–Trinajstić information content (AvgIpc) is 2.87. The first-order chi connectivity index (χ1) is 12.5. The van der Waals surface area contributed by atoms with Gasteiger partial charge in [-0.2, -0.15) is 5.10 Å². The Bertz CT molecular complexity index is 772. The standard InChI is InChI=1S/C19H24N4O3/c1-13-4-5-15(14(2)12-13)18(25)22-8-3-9-23(11-10-22)19(26)16-6-7-17(24)21-20-16/h4-5,12H,3,6-11H2,1-2H3,(H,21,24). The lowest BCUT2D eigenvalue weighted by molar-refractivity contribution is -0.124. The second kappa shape index (κ2) is 7.68. The van der Waals surface area contributed by atoms with Gasteiger partial charge in [0.2, 0.25) is 5.91 Å². The molecule has 0 unspecified atom stereocenters. The van der Waals surface area contributed by atoms with E-state index in [1.54, 1.807) is 4.90 Å². The monoisotopic (exact) mass is 356 g/mol. The maximum Gasteiger partial charge on any atom is 0.270 e. The predicted molar refractivity (Wildman–Crippen MR) is 97.8 cm³/mol. The fraction of sp³-hybridized carbons (Fsp3) is 0.474. The van der Waals surface area contributed by atoms with Crippen molar-refractivity contribution in [1.82, 2.24) is 15.2 Å². The summed E-state index contributed by atoms with van der Waals surface area (Å²) in [4.78, 5) is 40.2. The summed E-state index contributed by atoms with van der Waals surface area (Å²) in [5.74, 6) is -0.299. The zero-order chi connectivity index (χ0) is 18.7. The van der Waals surface area contributed by atoms with Crippen molar-refractivity contribution in [2.45, 2.75) is 33.1 Å². The number of carbonyl (C=O) groups is 3. The van der Waals surface area contributed by atoms with Gasteiger partial charge in [-0.25, -0.2) is 5.43 Å². The molecule has 2 aliphatic rings. The molecule has 7 heteroatoms. The predicted octanol–water partition coefficient (Wildman–Crippen LogP) is 1.24. The Morgan fingerprint density at radius 1 is 1.00 bits per heavy atom. The van der Waals surface area contributed by atoms with Crippen LogP contribution in [0.2, 0.25) is 0 Å². The maximum absolute atomic E-state index is 12.9. The van der Waals surface area contributed by atoms with E-state index in [9.17, 15) is 14.4 Å². The Morgan fingerprint density at radius 2 is 1.69 bits per heavy atom. The summed E-state index contributed by atoms with van der Waals surface area (Å²) in [6, 6.07) is 5.83. The van der Waals surface area contributed by atoms with Crippen molar-refractivity contribution in [3.8, 4) is 0 Å². The number of hydrogen-bond donors (Lipinski definition) is 1. The van der Waals surface area contributed by atoms with E-state index in [2.05, 4.69) is 10.5 Å². The molecule has 2 aliphatic heterocycles. The first-order valence-corrected chi connectivity index (χ1v) is 8.97. The smallest absolute Gasteiger partial charge is 0.270 e. The van der Waals surface area contributed by atoms with E-state index in [0.29, 0.717) is 38.3 Å². The zero-order valence-corrected chi connectivity index (χ0v) is 15.2. The molecule has 7 nitrogen and oxygen atoms in total. The molecule has 1 aromatic carbocycles. The summed E-state index contributed by atoms with van der Waals surface area (Å²) in [5, 5.41) is 3.88. The van der Waals surface area contributed by atoms with Crippen LogP contribution in [0.15, 0.2) is 23.3 Å². The molecule has 138 valence electrons. The molecule has 0 atom stereocenters. The highest BCUT2D eigenvalue weighted by molar-refractivity contribution is 6.39. The van der Waals surface area contributed by atoms with Gasteiger partial charge in [0.15, 0.2) is 0 Å². The number of hydrazone groups is 1. The van der Waals surface area contributed by atoms with Crippen molar-refractivity contribution < 1.29 is 14.4 Å². The minimum atomic E-state index is -0.164. The second-order valence-electron chi connectivity index (χ2n) is 6.85. The van der Waals surface area contributed by atoms with Crippen LogP contribution in [0.25, 0.3) is 0 Å². The Balaban J connectivity index is 1.65. The van der Waals surface area contributed by atoms with E-state index in [-0.39, 0.29) is 24.1 Å². The van der Waals surface area contributed by atoms with Crippen molar-refractivity contribution in [1.29, 1.82) is 0 Å². The summed E-state index contributed by atoms with van der Waals surface area (Å²) in [6.45, 7) is 6.14. The molecule has 1 N–H and O–H groups in total. The van der Waals surface area contributed by atoms with E-state index in [1.807, 2.05) is 36.9 Å². The van der Waals surface area contributed by atoms with Gasteiger partial charge in [-0.05, 0) is 31.9 Å². The van der Waals surface area contributed by atoms with E-state index in [1.165, 1.54) is 0 Å². The highest BCUT2D eigenvalue weighted by atomic mass is 16.2. The van der Waals surface area contributed by atoms with Gasteiger partial charge in [-0.3, -0.25) is 14.4 Å². The Labute approximate surface area is 153 Å². The van der Waals surface area contributed by atoms with Crippen LogP contribution >= 0.6 is 0 Å². The van der Waals surface area contributed by atoms with Crippen molar-refractivity contribution in [2.75, 3.05) is 26.2 Å². The fourth-order valence-electron chi connectivity index (χ4n) is 3.36. The third-order valence-electron chi connectivity index (χ3n) is 4.83. The first kappa shape index (κ1) is 18.1. The number of hydrogen-bond acceptors (Lipinski definition) is 4. The van der Waals surface area contributed by atoms with Crippen LogP contribution in [0, 0.1) is 13.8 Å². The van der Waals surface area contributed by atoms with Crippen LogP contribution in [0.5, 0.6) is 0 Å². The zero-order valence-electron chi connectivity index (χ0n) is 15.2. The number of rotatable bonds is 2. The summed E-state index contributed by atoms with van der Waals surface area (Å²) in [7, 11) is 0. The molecule has 1 fully saturated rings. The van der Waals surface area contributed by atoms with Crippen LogP contribution in [0.4, 0.5) is 0 Å². The van der Waals surface area contributed by atoms with Gasteiger partial charge in [0, 0.05) is 44.6 Å². The number of carbonyl (C=O) groups excluding carboxylic acids is 3. The third kappa shape index (κ3) is 3.92. The molecule has 0 radical (unpaired) electrons. The number of amides is 3. The van der Waals surface area contributed by atoms with Gasteiger partial charge in [0.05, 0.1) is 0 Å². The first-order valence-electron chi connectivity index (χ1n) is 8.97. The minimum Gasteiger partial charge on any atom is -0.337 e. The van der Waals surface area contributed by atoms with Crippen molar-refractivity contribution in [3.05, 3.63) is 34.9 Å². The molecule has 2 heterocycles. The fourth-order valence-corrected chi connectivity index (χ4v) is 3.36. The quantitative estimate of drug-likeness (QED) is 0.866. The molecule has 0 saturated carbocycles. The molecule has 0 bridgehead atoms. The Hall–Kier alpha value is -2.70. The van der Waals surface area contributed by atoms with E-state index >= 15 is 0 Å². The van der Waals surface area contributed by atoms with Gasteiger partial charge in [-0.15, -0.1) is 0 Å². The number of nitrogens with one attached hydrogen (secondary N) is 1. The number of nitrogens with zero attached hydrogens (tertiary/aromatic N) is 3. The van der Waals surface area contributed by atoms with Gasteiger partial charge in [0.1, 0.15) is 5.71 Å². The van der Waals surface area contributed by atoms with E-state index in [4.69, 9.17) is 0 Å². The Morgan fingerprint density at radius 3 is 2.31 bits per heavy atom. The van der Waals surface area contributed by atoms with Crippen LogP contribution in [0.3, 0.4) is 0 Å². The van der Waals surface area contributed by atoms with Gasteiger partial charge < -0.3 is 9.80 Å². The molecule has 3 rings (SSSR count). The summed E-state index contributed by atoms with van der Waals surface area (Å²) < 4.78 is 0. The van der Waals surface area contributed by atoms with Crippen LogP contribution in [-0.2, 0) is 9.59 Å². The molecule has 0 aromatic heterocycles. The summed E-state index contributed by atoms with van der Waals surface area (Å²) in [5.41, 5.74) is 5.57. The maximum atomic E-state index is 12.9. The van der Waals surface area contributed by atoms with Gasteiger partial charge in [0.25, 0.3) is 11.8 Å². The molecular weight excluding hydrogens is 332 g/mol. The van der Waals surface area contributed by atoms with Crippen molar-refractivity contribution in [2.24, 2.45) is 5.10 Å². The highest BCUT2D eigenvalue weighted by Crippen LogP contribution is 2.15. The average molecular weight is 356 g/mol. The Kier molecular flexibility index (Phi) is 5.35. The van der Waals surface area contributed by atoms with Gasteiger partial charge in [-0.1, -0.05) is 17.7 Å². The molecule has 26 heavy (non-hydrogen) atoms. The largest absolute Gasteiger partial charge is 0.337 e. The second-order valence-corrected chi connectivity index (χ2v) is 6.85. The topological polar surface area (TPSA) is 82.1 Å². The lowest BCUT2D eigenvalue weighted by Gasteiger charge is -2.24. The van der Waals surface area contributed by atoms with Crippen molar-refractivity contribution >= 4 is 23.4 Å². The molecule has 3 amide bonds. The van der Waals surface area contributed by atoms with Crippen LogP contribution in [0.1, 0.15) is 40.7 Å². The molecule has 0 spiro atoms. The van der Waals surface area contributed by atoms with Gasteiger partial charge >= 0.3 is 0 Å². The van der Waals surface area contributed by atoms with E-state index < -0.39 is 0 Å². The highest BCUT2D eigenvalue weighted by Gasteiger charge is 2.27. The molecule has 1 aromatic rings. The van der Waals surface area contributed by atoms with Crippen molar-refractivity contribution in [3.63, 3.8) is 0 Å². The molecular formula is C19H24N4O3. The number of aryl methyl sites for hydroxylation is 2. The lowest BCUT2D eigenvalue weighted by Crippen LogP contribution is -2.42. The molecule has 0 aliphatic carbocycles. The van der Waals surface area contributed by atoms with Crippen LogP contribution < -0.4 is 5.43 Å². The summed E-state index contributed by atoms with van der Waals surface area (Å²) in [6.07, 6.45) is 1.38. The third-order valence-corrected chi connectivity index (χ3v) is 4.83. The van der Waals surface area contributed by atoms with E-state index in [0.717, 1.165) is 23.1 Å². The minimum absolute atomic E-state index is 0.0130. The summed E-state index contributed by atoms with van der Waals surface area (Å²) >= 11 is 0. The van der Waals surface area contributed by atoms with Crippen LogP contribution in [-0.4, -0.2) is 59.4 Å². The number of benzene rings is 1. The SMILES string of the molecule is Cc1ccc(C(=O)N2CCCN(C(=O)C3=NNC(=O)CC3)CC2)c(C)c1.